The summed E-state index contributed by atoms with van der Waals surface area (Å²) in [7, 11) is 0. The standard InChI is InChI=1S/C17H16N2OS/c1-2-13-3-7-15(8-4-13)19-17(20)12-21-16-9-5-14(11-18)6-10-16/h3-10H,2,12H2,1H3,(H,19,20). The zero-order valence-electron chi connectivity index (χ0n) is 11.8. The summed E-state index contributed by atoms with van der Waals surface area (Å²) in [5, 5.41) is 11.6. The van der Waals surface area contributed by atoms with Crippen LogP contribution in [0.4, 0.5) is 5.69 Å². The highest BCUT2D eigenvalue weighted by molar-refractivity contribution is 8.00. The Morgan fingerprint density at radius 1 is 1.14 bits per heavy atom. The molecule has 106 valence electrons. The van der Waals surface area contributed by atoms with E-state index in [9.17, 15) is 4.79 Å². The number of nitrogens with one attached hydrogen (secondary N) is 1. The van der Waals surface area contributed by atoms with Crippen LogP contribution in [0.2, 0.25) is 0 Å². The van der Waals surface area contributed by atoms with E-state index in [0.29, 0.717) is 11.3 Å². The van der Waals surface area contributed by atoms with E-state index in [4.69, 9.17) is 5.26 Å². The van der Waals surface area contributed by atoms with E-state index < -0.39 is 0 Å². The van der Waals surface area contributed by atoms with Crippen molar-refractivity contribution in [1.29, 1.82) is 5.26 Å². The largest absolute Gasteiger partial charge is 0.325 e. The van der Waals surface area contributed by atoms with Crippen LogP contribution in [0.5, 0.6) is 0 Å². The number of thioether (sulfide) groups is 1. The number of aryl methyl sites for hydroxylation is 1. The maximum absolute atomic E-state index is 11.9. The van der Waals surface area contributed by atoms with E-state index >= 15 is 0 Å². The molecule has 1 N–H and O–H groups in total. The van der Waals surface area contributed by atoms with Crippen molar-refractivity contribution in [1.82, 2.24) is 0 Å². The summed E-state index contributed by atoms with van der Waals surface area (Å²) in [4.78, 5) is 12.9. The minimum absolute atomic E-state index is 0.0337. The number of benzene rings is 2. The van der Waals surface area contributed by atoms with Crippen LogP contribution in [0.15, 0.2) is 53.4 Å². The molecular formula is C17H16N2OS. The first kappa shape index (κ1) is 15.1. The Kier molecular flexibility index (Phi) is 5.42. The zero-order chi connectivity index (χ0) is 15.1. The topological polar surface area (TPSA) is 52.9 Å². The van der Waals surface area contributed by atoms with Crippen LogP contribution in [0.1, 0.15) is 18.1 Å². The summed E-state index contributed by atoms with van der Waals surface area (Å²) in [6.07, 6.45) is 0.989. The first-order valence-corrected chi connectivity index (χ1v) is 7.71. The maximum Gasteiger partial charge on any atom is 0.234 e. The van der Waals surface area contributed by atoms with Crippen LogP contribution in [-0.2, 0) is 11.2 Å². The molecule has 0 atom stereocenters. The van der Waals surface area contributed by atoms with Gasteiger partial charge in [-0.15, -0.1) is 11.8 Å². The molecule has 2 aromatic rings. The number of hydrogen-bond acceptors (Lipinski definition) is 3. The lowest BCUT2D eigenvalue weighted by atomic mass is 10.1. The Morgan fingerprint density at radius 2 is 1.81 bits per heavy atom. The van der Waals surface area contributed by atoms with Gasteiger partial charge in [-0.1, -0.05) is 19.1 Å². The number of anilines is 1. The van der Waals surface area contributed by atoms with Crippen molar-refractivity contribution in [3.63, 3.8) is 0 Å². The quantitative estimate of drug-likeness (QED) is 0.853. The fourth-order valence-corrected chi connectivity index (χ4v) is 2.49. The molecule has 0 aliphatic rings. The summed E-state index contributed by atoms with van der Waals surface area (Å²) in [5.74, 6) is 0.315. The number of hydrogen-bond donors (Lipinski definition) is 1. The van der Waals surface area contributed by atoms with Crippen molar-refractivity contribution >= 4 is 23.4 Å². The van der Waals surface area contributed by atoms with E-state index in [0.717, 1.165) is 17.0 Å². The molecule has 2 aromatic carbocycles. The first-order valence-electron chi connectivity index (χ1n) is 6.73. The van der Waals surface area contributed by atoms with Gasteiger partial charge in [0, 0.05) is 10.6 Å². The Hall–Kier alpha value is -2.25. The number of amides is 1. The van der Waals surface area contributed by atoms with Crippen molar-refractivity contribution in [3.8, 4) is 6.07 Å². The summed E-state index contributed by atoms with van der Waals surface area (Å²) >= 11 is 1.45. The van der Waals surface area contributed by atoms with Gasteiger partial charge in [-0.3, -0.25) is 4.79 Å². The van der Waals surface area contributed by atoms with Crippen molar-refractivity contribution in [3.05, 3.63) is 59.7 Å². The lowest BCUT2D eigenvalue weighted by Crippen LogP contribution is -2.13. The molecule has 21 heavy (non-hydrogen) atoms. The second kappa shape index (κ2) is 7.51. The molecule has 0 aromatic heterocycles. The summed E-state index contributed by atoms with van der Waals surface area (Å²) in [6.45, 7) is 2.10. The Balaban J connectivity index is 1.84. The fourth-order valence-electron chi connectivity index (χ4n) is 1.80. The normalized spacial score (nSPS) is 9.90. The third kappa shape index (κ3) is 4.66. The molecule has 0 saturated heterocycles. The minimum atomic E-state index is -0.0337. The molecule has 1 amide bonds. The van der Waals surface area contributed by atoms with Crippen LogP contribution in [0.3, 0.4) is 0 Å². The van der Waals surface area contributed by atoms with E-state index in [2.05, 4.69) is 18.3 Å². The van der Waals surface area contributed by atoms with Crippen LogP contribution in [0.25, 0.3) is 0 Å². The number of nitrogens with zero attached hydrogens (tertiary/aromatic N) is 1. The van der Waals surface area contributed by atoms with E-state index in [-0.39, 0.29) is 5.91 Å². The maximum atomic E-state index is 11.9. The molecule has 0 aliphatic carbocycles. The second-order valence-electron chi connectivity index (χ2n) is 4.52. The van der Waals surface area contributed by atoms with Gasteiger partial charge in [-0.25, -0.2) is 0 Å². The zero-order valence-corrected chi connectivity index (χ0v) is 12.6. The average Bonchev–Trinajstić information content (AvgIpc) is 2.54. The molecule has 2 rings (SSSR count). The van der Waals surface area contributed by atoms with Crippen molar-refractivity contribution in [2.45, 2.75) is 18.2 Å². The molecule has 3 nitrogen and oxygen atoms in total. The van der Waals surface area contributed by atoms with Crippen molar-refractivity contribution in [2.75, 3.05) is 11.1 Å². The molecule has 0 radical (unpaired) electrons. The highest BCUT2D eigenvalue weighted by Gasteiger charge is 2.04. The van der Waals surface area contributed by atoms with Gasteiger partial charge in [0.15, 0.2) is 0 Å². The van der Waals surface area contributed by atoms with Crippen LogP contribution in [-0.4, -0.2) is 11.7 Å². The molecule has 0 aliphatic heterocycles. The van der Waals surface area contributed by atoms with Crippen LogP contribution < -0.4 is 5.32 Å². The molecule has 0 fully saturated rings. The fraction of sp³-hybridized carbons (Fsp3) is 0.176. The second-order valence-corrected chi connectivity index (χ2v) is 5.57. The smallest absolute Gasteiger partial charge is 0.234 e. The van der Waals surface area contributed by atoms with E-state index in [1.807, 2.05) is 36.4 Å². The lowest BCUT2D eigenvalue weighted by molar-refractivity contribution is -0.113. The molecule has 0 bridgehead atoms. The van der Waals surface area contributed by atoms with E-state index in [1.54, 1.807) is 12.1 Å². The highest BCUT2D eigenvalue weighted by Crippen LogP contribution is 2.19. The third-order valence-corrected chi connectivity index (χ3v) is 4.01. The summed E-state index contributed by atoms with van der Waals surface area (Å²) in [6, 6.07) is 17.2. The van der Waals surface area contributed by atoms with Gasteiger partial charge in [0.1, 0.15) is 0 Å². The number of carbonyl (C=O) groups is 1. The Morgan fingerprint density at radius 3 is 2.38 bits per heavy atom. The molecule has 0 saturated carbocycles. The molecule has 0 unspecified atom stereocenters. The van der Waals surface area contributed by atoms with Gasteiger partial charge >= 0.3 is 0 Å². The van der Waals surface area contributed by atoms with Gasteiger partial charge < -0.3 is 5.32 Å². The molecule has 0 spiro atoms. The van der Waals surface area contributed by atoms with Gasteiger partial charge in [0.2, 0.25) is 5.91 Å². The van der Waals surface area contributed by atoms with Gasteiger partial charge in [-0.05, 0) is 48.4 Å². The van der Waals surface area contributed by atoms with Gasteiger partial charge in [0.05, 0.1) is 17.4 Å². The molecular weight excluding hydrogens is 280 g/mol. The Labute approximate surface area is 129 Å². The van der Waals surface area contributed by atoms with E-state index in [1.165, 1.54) is 17.3 Å². The van der Waals surface area contributed by atoms with Crippen LogP contribution in [0, 0.1) is 11.3 Å². The molecule has 4 heteroatoms. The Bertz CT molecular complexity index is 642. The monoisotopic (exact) mass is 296 g/mol. The predicted octanol–water partition coefficient (Wildman–Crippen LogP) is 3.85. The average molecular weight is 296 g/mol. The first-order chi connectivity index (χ1) is 10.2. The molecule has 0 heterocycles. The van der Waals surface area contributed by atoms with Crippen molar-refractivity contribution in [2.24, 2.45) is 0 Å². The summed E-state index contributed by atoms with van der Waals surface area (Å²) < 4.78 is 0. The third-order valence-electron chi connectivity index (χ3n) is 3.00. The predicted molar refractivity (Wildman–Crippen MR) is 86.3 cm³/mol. The minimum Gasteiger partial charge on any atom is -0.325 e. The van der Waals surface area contributed by atoms with Gasteiger partial charge in [-0.2, -0.15) is 5.26 Å². The number of rotatable bonds is 5. The van der Waals surface area contributed by atoms with Gasteiger partial charge in [0.25, 0.3) is 0 Å². The van der Waals surface area contributed by atoms with Crippen LogP contribution >= 0.6 is 11.8 Å². The number of carbonyl (C=O) groups excluding carboxylic acids is 1. The van der Waals surface area contributed by atoms with Crippen molar-refractivity contribution < 1.29 is 4.79 Å². The lowest BCUT2D eigenvalue weighted by Gasteiger charge is -2.06. The summed E-state index contributed by atoms with van der Waals surface area (Å²) in [5.41, 5.74) is 2.69. The highest BCUT2D eigenvalue weighted by atomic mass is 32.2. The number of nitriles is 1. The SMILES string of the molecule is CCc1ccc(NC(=O)CSc2ccc(C#N)cc2)cc1.